The zero-order chi connectivity index (χ0) is 63.2. The molecule has 4 fully saturated rings. The number of carbonyl (C=O) groups excluding carboxylic acids is 8. The van der Waals surface area contributed by atoms with Crippen molar-refractivity contribution in [2.45, 2.75) is 142 Å². The molecule has 6 N–H and O–H groups in total. The first-order chi connectivity index (χ1) is 42.2. The van der Waals surface area contributed by atoms with Gasteiger partial charge in [-0.25, -0.2) is 4.79 Å². The van der Waals surface area contributed by atoms with Gasteiger partial charge in [0.1, 0.15) is 6.61 Å². The highest BCUT2D eigenvalue weighted by Gasteiger charge is 2.46. The molecule has 0 aromatic heterocycles. The monoisotopic (exact) mass is 1220 g/mol. The number of methoxy groups -OCH3 is 2. The number of rotatable bonds is 29. The summed E-state index contributed by atoms with van der Waals surface area (Å²) in [4.78, 5) is 111. The maximum atomic E-state index is 14.4. The van der Waals surface area contributed by atoms with Gasteiger partial charge in [0.25, 0.3) is 23.6 Å². The van der Waals surface area contributed by atoms with Gasteiger partial charge in [-0.05, 0) is 99.5 Å². The van der Waals surface area contributed by atoms with Crippen molar-refractivity contribution < 1.29 is 71.5 Å². The third-order valence-corrected chi connectivity index (χ3v) is 16.7. The minimum absolute atomic E-state index is 0.0199. The van der Waals surface area contributed by atoms with Crippen molar-refractivity contribution >= 4 is 64.4 Å². The number of anilines is 3. The molecule has 3 aromatic carbocycles. The number of Topliss-reactive ketones (excluding diaryl/α,β-unsaturated/α-hetero) is 1. The number of hydrogen-bond acceptors (Lipinski definition) is 17. The Morgan fingerprint density at radius 2 is 1.38 bits per heavy atom. The first-order valence-electron chi connectivity index (χ1n) is 30.7. The Morgan fingerprint density at radius 3 is 1.98 bits per heavy atom. The molecular weight excluding hydrogens is 1130 g/mol. The molecule has 4 saturated heterocycles. The van der Waals surface area contributed by atoms with Gasteiger partial charge in [-0.2, -0.15) is 0 Å². The number of ketones is 1. The maximum absolute atomic E-state index is 14.4. The lowest BCUT2D eigenvalue weighted by atomic mass is 9.92. The largest absolute Gasteiger partial charge is 0.493 e. The zero-order valence-electron chi connectivity index (χ0n) is 51.5. The predicted molar refractivity (Wildman–Crippen MR) is 327 cm³/mol. The summed E-state index contributed by atoms with van der Waals surface area (Å²) >= 11 is 0. The van der Waals surface area contributed by atoms with Crippen molar-refractivity contribution in [2.75, 3.05) is 83.6 Å². The molecule has 0 spiro atoms. The van der Waals surface area contributed by atoms with E-state index in [1.54, 1.807) is 60.4 Å². The van der Waals surface area contributed by atoms with E-state index >= 15 is 0 Å². The lowest BCUT2D eigenvalue weighted by Crippen LogP contribution is -2.50. The molecule has 23 heteroatoms. The molecule has 0 bridgehead atoms. The highest BCUT2D eigenvalue weighted by Crippen LogP contribution is 2.39. The SMILES string of the molecule is C=C1C[C@@H](C2OCCN2C(=O)OCc2ccc(NC(=O)[C@H](C)CC(=O)[C@@H](NC(=O)CCCCCN3C(=O)C=CC3=O)C(C)C)cc2)N(C(=O)c2cc(OC)c(OCCCCCOc3cc(N)c(C(=O)N4C[C@H](C)C[C@H]4C4CCCO4)cc3OC)cc2N)C1. The normalized spacial score (nSPS) is 20.6. The van der Waals surface area contributed by atoms with Gasteiger partial charge in [0.2, 0.25) is 11.8 Å². The fourth-order valence-electron chi connectivity index (χ4n) is 12.0. The Hall–Kier alpha value is -8.18. The fraction of sp³-hybridized carbons (Fsp3) is 0.538. The molecule has 0 radical (unpaired) electrons. The second-order valence-corrected chi connectivity index (χ2v) is 23.8. The van der Waals surface area contributed by atoms with Crippen LogP contribution < -0.4 is 41.0 Å². The van der Waals surface area contributed by atoms with E-state index in [0.29, 0.717) is 110 Å². The molecular formula is C65H86N8O15. The number of hydrogen-bond donors (Lipinski definition) is 4. The summed E-state index contributed by atoms with van der Waals surface area (Å²) in [6, 6.07) is 11.8. The second kappa shape index (κ2) is 30.6. The summed E-state index contributed by atoms with van der Waals surface area (Å²) < 4.78 is 41.4. The lowest BCUT2D eigenvalue weighted by molar-refractivity contribution is -0.137. The number of imide groups is 1. The summed E-state index contributed by atoms with van der Waals surface area (Å²) in [7, 11) is 3.01. The first kappa shape index (κ1) is 65.8. The van der Waals surface area contributed by atoms with Crippen LogP contribution in [0, 0.1) is 17.8 Å². The van der Waals surface area contributed by atoms with E-state index in [9.17, 15) is 38.4 Å². The third kappa shape index (κ3) is 16.5. The van der Waals surface area contributed by atoms with Crippen LogP contribution in [0.25, 0.3) is 0 Å². The minimum Gasteiger partial charge on any atom is -0.493 e. The maximum Gasteiger partial charge on any atom is 0.412 e. The van der Waals surface area contributed by atoms with E-state index in [1.807, 2.05) is 18.7 Å². The Labute approximate surface area is 514 Å². The zero-order valence-corrected chi connectivity index (χ0v) is 51.5. The molecule has 7 amide bonds. The van der Waals surface area contributed by atoms with E-state index in [2.05, 4.69) is 24.1 Å². The minimum atomic E-state index is -0.835. The van der Waals surface area contributed by atoms with Crippen LogP contribution in [0.2, 0.25) is 0 Å². The van der Waals surface area contributed by atoms with E-state index in [4.69, 9.17) is 44.6 Å². The van der Waals surface area contributed by atoms with Crippen molar-refractivity contribution in [2.24, 2.45) is 17.8 Å². The molecule has 5 aliphatic heterocycles. The quantitative estimate of drug-likeness (QED) is 0.0227. The highest BCUT2D eigenvalue weighted by atomic mass is 16.6. The van der Waals surface area contributed by atoms with Crippen LogP contribution in [0.15, 0.2) is 72.8 Å². The number of nitrogens with two attached hydrogens (primary N) is 2. The van der Waals surface area contributed by atoms with Crippen LogP contribution in [-0.4, -0.2) is 164 Å². The number of carbonyl (C=O) groups is 8. The fourth-order valence-corrected chi connectivity index (χ4v) is 12.0. The average molecular weight is 1220 g/mol. The third-order valence-electron chi connectivity index (χ3n) is 16.7. The topological polar surface area (TPSA) is 290 Å². The average Bonchev–Trinajstić information content (AvgIpc) is 2.20. The number of amides is 7. The van der Waals surface area contributed by atoms with Gasteiger partial charge >= 0.3 is 6.09 Å². The molecule has 23 nitrogen and oxygen atoms in total. The number of nitrogens with zero attached hydrogens (tertiary/aromatic N) is 4. The standard InChI is InChI=1S/C65H86N8O15/c1-39(2)60(69-57(75)16-10-8-11-23-70-58(76)21-22-59(70)77)51(74)31-42(5)61(78)68-44-19-17-43(18-20-44)38-88-65(81)71-24-28-87-64(71)50-30-41(4)37-73(50)63(80)46-33-54(83-7)56(35-48(46)67)86-26-13-9-12-25-85-55-34-47(66)45(32-53(55)82-6)62(79)72-36-40(3)29-49(72)52-15-14-27-84-52/h17-22,32-35,39-40,42,49-50,52,60,64H,4,8-16,23-31,36-38,66-67H2,1-3,5-7H3,(H,68,78)(H,69,75)/t40-,42-,49+,50+,52?,60+,64?/m1/s1. The van der Waals surface area contributed by atoms with E-state index < -0.39 is 36.2 Å². The Bertz CT molecular complexity index is 3050. The summed E-state index contributed by atoms with van der Waals surface area (Å²) in [5.41, 5.74) is 16.0. The summed E-state index contributed by atoms with van der Waals surface area (Å²) in [5, 5.41) is 5.66. The lowest BCUT2D eigenvalue weighted by Gasteiger charge is -2.33. The molecule has 2 unspecified atom stereocenters. The van der Waals surface area contributed by atoms with Gasteiger partial charge < -0.3 is 65.1 Å². The molecule has 5 heterocycles. The van der Waals surface area contributed by atoms with Crippen molar-refractivity contribution in [1.29, 1.82) is 0 Å². The number of unbranched alkanes of at least 4 members (excludes halogenated alkanes) is 4. The summed E-state index contributed by atoms with van der Waals surface area (Å²) in [6.07, 6.45) is 8.13. The van der Waals surface area contributed by atoms with Crippen LogP contribution in [0.5, 0.6) is 23.0 Å². The van der Waals surface area contributed by atoms with Gasteiger partial charge in [0.15, 0.2) is 35.0 Å². The van der Waals surface area contributed by atoms with Crippen LogP contribution in [0.3, 0.4) is 0 Å². The van der Waals surface area contributed by atoms with Crippen molar-refractivity contribution in [3.63, 3.8) is 0 Å². The Kier molecular flexibility index (Phi) is 22.9. The van der Waals surface area contributed by atoms with Crippen molar-refractivity contribution in [3.8, 4) is 23.0 Å². The number of nitrogen functional groups attached to an aromatic ring is 2. The van der Waals surface area contributed by atoms with Crippen LogP contribution >= 0.6 is 0 Å². The number of likely N-dealkylation sites (tertiary alicyclic amines) is 2. The predicted octanol–water partition coefficient (Wildman–Crippen LogP) is 7.45. The Morgan fingerprint density at radius 1 is 0.750 bits per heavy atom. The molecule has 7 atom stereocenters. The highest BCUT2D eigenvalue weighted by molar-refractivity contribution is 6.13. The van der Waals surface area contributed by atoms with Gasteiger partial charge in [-0.15, -0.1) is 0 Å². The molecule has 476 valence electrons. The van der Waals surface area contributed by atoms with E-state index in [0.717, 1.165) is 42.8 Å². The van der Waals surface area contributed by atoms with E-state index in [1.165, 1.54) is 31.3 Å². The second-order valence-electron chi connectivity index (χ2n) is 23.8. The van der Waals surface area contributed by atoms with Crippen LogP contribution in [0.4, 0.5) is 21.9 Å². The van der Waals surface area contributed by atoms with Crippen molar-refractivity contribution in [3.05, 3.63) is 89.5 Å². The van der Waals surface area contributed by atoms with E-state index in [-0.39, 0.29) is 110 Å². The molecule has 88 heavy (non-hydrogen) atoms. The van der Waals surface area contributed by atoms with Gasteiger partial charge in [0, 0.05) is 86.3 Å². The van der Waals surface area contributed by atoms with Gasteiger partial charge in [0.05, 0.1) is 75.9 Å². The van der Waals surface area contributed by atoms with Gasteiger partial charge in [-0.1, -0.05) is 58.4 Å². The van der Waals surface area contributed by atoms with Crippen LogP contribution in [-0.2, 0) is 44.8 Å². The smallest absolute Gasteiger partial charge is 0.412 e. The first-order valence-corrected chi connectivity index (χ1v) is 30.7. The number of nitrogens with one attached hydrogen (secondary N) is 2. The molecule has 0 saturated carbocycles. The number of benzene rings is 3. The number of ether oxygens (including phenoxy) is 7. The summed E-state index contributed by atoms with van der Waals surface area (Å²) in [5.74, 6) is -1.16. The molecule has 5 aliphatic rings. The van der Waals surface area contributed by atoms with Crippen LogP contribution in [0.1, 0.15) is 131 Å². The summed E-state index contributed by atoms with van der Waals surface area (Å²) in [6.45, 7) is 14.5. The van der Waals surface area contributed by atoms with Gasteiger partial charge in [-0.3, -0.25) is 43.4 Å². The Balaban J connectivity index is 0.758. The molecule has 0 aliphatic carbocycles. The molecule has 3 aromatic rings. The molecule has 8 rings (SSSR count). The van der Waals surface area contributed by atoms with Crippen molar-refractivity contribution in [1.82, 2.24) is 24.9 Å².